The molecule has 26 heavy (non-hydrogen) atoms. The number of hydrogen-bond acceptors (Lipinski definition) is 5. The summed E-state index contributed by atoms with van der Waals surface area (Å²) in [6, 6.07) is 10.1. The Hall–Kier alpha value is -2.44. The van der Waals surface area contributed by atoms with Gasteiger partial charge in [0.1, 0.15) is 11.3 Å². The lowest BCUT2D eigenvalue weighted by molar-refractivity contribution is 0.282. The molecule has 6 heteroatoms. The first-order valence-corrected chi connectivity index (χ1v) is 9.79. The fraction of sp³-hybridized carbons (Fsp3) is 0.300. The minimum absolute atomic E-state index is 0.0635. The Labute approximate surface area is 156 Å². The van der Waals surface area contributed by atoms with Crippen LogP contribution in [0.4, 0.5) is 5.82 Å². The number of aliphatic hydroxyl groups is 1. The Morgan fingerprint density at radius 3 is 2.62 bits per heavy atom. The number of aromatic nitrogens is 3. The van der Waals surface area contributed by atoms with Crippen molar-refractivity contribution < 1.29 is 5.11 Å². The summed E-state index contributed by atoms with van der Waals surface area (Å²) >= 11 is 1.68. The monoisotopic (exact) mass is 366 g/mol. The van der Waals surface area contributed by atoms with Crippen molar-refractivity contribution in [3.63, 3.8) is 0 Å². The lowest BCUT2D eigenvalue weighted by Gasteiger charge is -2.10. The predicted octanol–water partition coefficient (Wildman–Crippen LogP) is 4.11. The SMILES string of the molecule is CCCCc1nc2c(N)nc3ccsc3c2n1Cc1ccc(CO)cc1. The molecular formula is C20H22N4OS. The number of nitrogens with two attached hydrogens (primary N) is 1. The quantitative estimate of drug-likeness (QED) is 0.538. The van der Waals surface area contributed by atoms with Gasteiger partial charge in [-0.25, -0.2) is 9.97 Å². The Balaban J connectivity index is 1.88. The minimum Gasteiger partial charge on any atom is -0.392 e. The van der Waals surface area contributed by atoms with Gasteiger partial charge >= 0.3 is 0 Å². The first kappa shape index (κ1) is 17.0. The van der Waals surface area contributed by atoms with Gasteiger partial charge in [0.05, 0.1) is 22.3 Å². The summed E-state index contributed by atoms with van der Waals surface area (Å²) in [5, 5.41) is 11.3. The van der Waals surface area contributed by atoms with Crippen LogP contribution in [-0.4, -0.2) is 19.6 Å². The Morgan fingerprint density at radius 2 is 1.88 bits per heavy atom. The number of unbranched alkanes of at least 4 members (excludes halogenated alkanes) is 1. The number of rotatable bonds is 6. The summed E-state index contributed by atoms with van der Waals surface area (Å²) in [7, 11) is 0. The number of imidazole rings is 1. The number of pyridine rings is 1. The molecule has 4 rings (SSSR count). The van der Waals surface area contributed by atoms with Crippen molar-refractivity contribution in [1.29, 1.82) is 0 Å². The van der Waals surface area contributed by atoms with Gasteiger partial charge in [0, 0.05) is 13.0 Å². The molecule has 0 saturated carbocycles. The second-order valence-electron chi connectivity index (χ2n) is 6.52. The van der Waals surface area contributed by atoms with E-state index in [0.29, 0.717) is 5.82 Å². The Bertz CT molecular complexity index is 1050. The lowest BCUT2D eigenvalue weighted by Crippen LogP contribution is -2.06. The van der Waals surface area contributed by atoms with E-state index >= 15 is 0 Å². The van der Waals surface area contributed by atoms with Crippen LogP contribution in [0.5, 0.6) is 0 Å². The van der Waals surface area contributed by atoms with Crippen LogP contribution >= 0.6 is 11.3 Å². The first-order valence-electron chi connectivity index (χ1n) is 8.91. The number of benzene rings is 1. The Morgan fingerprint density at radius 1 is 1.12 bits per heavy atom. The molecule has 0 radical (unpaired) electrons. The Kier molecular flexibility index (Phi) is 4.61. The summed E-state index contributed by atoms with van der Waals surface area (Å²) < 4.78 is 3.42. The van der Waals surface area contributed by atoms with Crippen molar-refractivity contribution in [2.24, 2.45) is 0 Å². The van der Waals surface area contributed by atoms with E-state index in [1.807, 2.05) is 18.2 Å². The summed E-state index contributed by atoms with van der Waals surface area (Å²) in [6.07, 6.45) is 3.14. The summed E-state index contributed by atoms with van der Waals surface area (Å²) in [6.45, 7) is 2.99. The third-order valence-corrected chi connectivity index (χ3v) is 5.60. The molecule has 0 aliphatic heterocycles. The fourth-order valence-corrected chi connectivity index (χ4v) is 4.17. The van der Waals surface area contributed by atoms with Crippen LogP contribution in [0.15, 0.2) is 35.7 Å². The maximum atomic E-state index is 9.26. The first-order chi connectivity index (χ1) is 12.7. The van der Waals surface area contributed by atoms with E-state index in [0.717, 1.165) is 58.4 Å². The molecule has 0 bridgehead atoms. The van der Waals surface area contributed by atoms with Crippen LogP contribution in [0, 0.1) is 0 Å². The number of nitrogen functional groups attached to an aromatic ring is 1. The zero-order valence-electron chi connectivity index (χ0n) is 14.8. The molecule has 134 valence electrons. The van der Waals surface area contributed by atoms with Crippen LogP contribution in [0.3, 0.4) is 0 Å². The van der Waals surface area contributed by atoms with Gasteiger partial charge in [-0.1, -0.05) is 37.6 Å². The normalized spacial score (nSPS) is 11.6. The highest BCUT2D eigenvalue weighted by atomic mass is 32.1. The molecule has 0 aliphatic carbocycles. The van der Waals surface area contributed by atoms with Crippen LogP contribution < -0.4 is 5.73 Å². The molecule has 0 unspecified atom stereocenters. The molecule has 3 aromatic heterocycles. The number of fused-ring (bicyclic) bond motifs is 3. The number of aliphatic hydroxyl groups excluding tert-OH is 1. The smallest absolute Gasteiger partial charge is 0.152 e. The van der Waals surface area contributed by atoms with Gasteiger partial charge in [-0.2, -0.15) is 0 Å². The molecular weight excluding hydrogens is 344 g/mol. The highest BCUT2D eigenvalue weighted by Gasteiger charge is 2.18. The fourth-order valence-electron chi connectivity index (χ4n) is 3.29. The van der Waals surface area contributed by atoms with Gasteiger partial charge in [0.2, 0.25) is 0 Å². The van der Waals surface area contributed by atoms with Gasteiger partial charge in [-0.3, -0.25) is 0 Å². The van der Waals surface area contributed by atoms with Crippen molar-refractivity contribution in [3.05, 3.63) is 52.7 Å². The minimum atomic E-state index is 0.0635. The number of anilines is 1. The second kappa shape index (κ2) is 7.05. The lowest BCUT2D eigenvalue weighted by atomic mass is 10.1. The predicted molar refractivity (Wildman–Crippen MR) is 107 cm³/mol. The topological polar surface area (TPSA) is 77.0 Å². The van der Waals surface area contributed by atoms with E-state index in [1.54, 1.807) is 11.3 Å². The van der Waals surface area contributed by atoms with Gasteiger partial charge in [0.25, 0.3) is 0 Å². The average Bonchev–Trinajstić information content (AvgIpc) is 3.25. The third-order valence-electron chi connectivity index (χ3n) is 4.69. The van der Waals surface area contributed by atoms with E-state index in [9.17, 15) is 5.11 Å². The molecule has 4 aromatic rings. The van der Waals surface area contributed by atoms with Crippen molar-refractivity contribution in [1.82, 2.24) is 14.5 Å². The average molecular weight is 366 g/mol. The van der Waals surface area contributed by atoms with E-state index in [1.165, 1.54) is 5.56 Å². The molecule has 0 fully saturated rings. The zero-order valence-corrected chi connectivity index (χ0v) is 15.6. The number of hydrogen-bond donors (Lipinski definition) is 2. The number of aryl methyl sites for hydroxylation is 1. The van der Waals surface area contributed by atoms with Gasteiger partial charge in [-0.05, 0) is 29.0 Å². The van der Waals surface area contributed by atoms with Crippen LogP contribution in [0.25, 0.3) is 21.3 Å². The van der Waals surface area contributed by atoms with Gasteiger partial charge in [-0.15, -0.1) is 11.3 Å². The largest absolute Gasteiger partial charge is 0.392 e. The molecule has 0 aliphatic rings. The second-order valence-corrected chi connectivity index (χ2v) is 7.44. The van der Waals surface area contributed by atoms with E-state index in [-0.39, 0.29) is 6.61 Å². The van der Waals surface area contributed by atoms with Crippen molar-refractivity contribution >= 4 is 38.4 Å². The van der Waals surface area contributed by atoms with Crippen LogP contribution in [0.1, 0.15) is 36.7 Å². The standard InChI is InChI=1S/C20H22N4OS/c1-2-3-4-16-23-17-18(19-15(9-10-26-19)22-20(17)21)24(16)11-13-5-7-14(12-25)8-6-13/h5-10,25H,2-4,11-12H2,1H3,(H2,21,22). The summed E-state index contributed by atoms with van der Waals surface area (Å²) in [4.78, 5) is 9.36. The van der Waals surface area contributed by atoms with E-state index in [2.05, 4.69) is 34.0 Å². The zero-order chi connectivity index (χ0) is 18.1. The summed E-state index contributed by atoms with van der Waals surface area (Å²) in [5.74, 6) is 1.56. The van der Waals surface area contributed by atoms with Crippen molar-refractivity contribution in [3.8, 4) is 0 Å². The highest BCUT2D eigenvalue weighted by molar-refractivity contribution is 7.18. The van der Waals surface area contributed by atoms with Crippen molar-refractivity contribution in [2.75, 3.05) is 5.73 Å². The molecule has 3 heterocycles. The molecule has 1 aromatic carbocycles. The van der Waals surface area contributed by atoms with Crippen LogP contribution in [-0.2, 0) is 19.6 Å². The van der Waals surface area contributed by atoms with Crippen LogP contribution in [0.2, 0.25) is 0 Å². The van der Waals surface area contributed by atoms with E-state index in [4.69, 9.17) is 10.7 Å². The highest BCUT2D eigenvalue weighted by Crippen LogP contribution is 2.33. The molecule has 5 nitrogen and oxygen atoms in total. The molecule has 0 atom stereocenters. The summed E-state index contributed by atoms with van der Waals surface area (Å²) in [5.41, 5.74) is 11.1. The maximum Gasteiger partial charge on any atom is 0.152 e. The molecule has 0 amide bonds. The van der Waals surface area contributed by atoms with Crippen molar-refractivity contribution in [2.45, 2.75) is 39.3 Å². The molecule has 0 spiro atoms. The number of nitrogens with zero attached hydrogens (tertiary/aromatic N) is 3. The van der Waals surface area contributed by atoms with Gasteiger partial charge in [0.15, 0.2) is 5.82 Å². The van der Waals surface area contributed by atoms with E-state index < -0.39 is 0 Å². The third kappa shape index (κ3) is 2.95. The molecule has 3 N–H and O–H groups in total. The maximum absolute atomic E-state index is 9.26. The number of thiophene rings is 1. The van der Waals surface area contributed by atoms with Gasteiger partial charge < -0.3 is 15.4 Å². The molecule has 0 saturated heterocycles.